The zero-order valence-corrected chi connectivity index (χ0v) is 10.5. The van der Waals surface area contributed by atoms with Crippen LogP contribution in [0.5, 0.6) is 0 Å². The average Bonchev–Trinajstić information content (AvgIpc) is 3.06. The van der Waals surface area contributed by atoms with E-state index in [-0.39, 0.29) is 0 Å². The quantitative estimate of drug-likeness (QED) is 0.871. The van der Waals surface area contributed by atoms with Crippen molar-refractivity contribution in [2.45, 2.75) is 64.0 Å². The van der Waals surface area contributed by atoms with Gasteiger partial charge in [0.15, 0.2) is 5.82 Å². The summed E-state index contributed by atoms with van der Waals surface area (Å²) in [6.07, 6.45) is 7.60. The van der Waals surface area contributed by atoms with Crippen molar-refractivity contribution in [2.24, 2.45) is 5.92 Å². The lowest BCUT2D eigenvalue weighted by Gasteiger charge is -2.23. The van der Waals surface area contributed by atoms with Crippen LogP contribution in [0.4, 0.5) is 0 Å². The maximum atomic E-state index is 5.39. The van der Waals surface area contributed by atoms with Crippen molar-refractivity contribution in [2.75, 3.05) is 0 Å². The molecule has 0 radical (unpaired) electrons. The monoisotopic (exact) mass is 235 g/mol. The van der Waals surface area contributed by atoms with E-state index in [0.29, 0.717) is 12.0 Å². The average molecular weight is 235 g/mol. The minimum absolute atomic E-state index is 0.508. The van der Waals surface area contributed by atoms with E-state index in [9.17, 15) is 0 Å². The molecule has 17 heavy (non-hydrogen) atoms. The molecule has 2 aliphatic rings. The van der Waals surface area contributed by atoms with Gasteiger partial charge < -0.3 is 9.84 Å². The van der Waals surface area contributed by atoms with Crippen LogP contribution in [0.25, 0.3) is 0 Å². The molecule has 4 heteroatoms. The van der Waals surface area contributed by atoms with Gasteiger partial charge >= 0.3 is 0 Å². The van der Waals surface area contributed by atoms with Gasteiger partial charge in [-0.25, -0.2) is 0 Å². The van der Waals surface area contributed by atoms with Crippen LogP contribution in [0, 0.1) is 5.92 Å². The topological polar surface area (TPSA) is 51.0 Å². The van der Waals surface area contributed by atoms with Gasteiger partial charge in [0.1, 0.15) is 0 Å². The van der Waals surface area contributed by atoms with E-state index < -0.39 is 0 Å². The van der Waals surface area contributed by atoms with E-state index in [0.717, 1.165) is 24.2 Å². The summed E-state index contributed by atoms with van der Waals surface area (Å²) in [6.45, 7) is 3.09. The third-order valence-electron chi connectivity index (χ3n) is 3.98. The van der Waals surface area contributed by atoms with Gasteiger partial charge in [0.05, 0.1) is 6.54 Å². The van der Waals surface area contributed by atoms with Gasteiger partial charge in [-0.2, -0.15) is 4.98 Å². The van der Waals surface area contributed by atoms with Crippen molar-refractivity contribution >= 4 is 0 Å². The Morgan fingerprint density at radius 2 is 1.94 bits per heavy atom. The Kier molecular flexibility index (Phi) is 3.14. The summed E-state index contributed by atoms with van der Waals surface area (Å²) in [5.74, 6) is 3.06. The SMILES string of the molecule is CC1CCC(c2nc(CNC3CC3)no2)CC1. The van der Waals surface area contributed by atoms with Crippen molar-refractivity contribution < 1.29 is 4.52 Å². The second-order valence-electron chi connectivity index (χ2n) is 5.66. The number of nitrogens with zero attached hydrogens (tertiary/aromatic N) is 2. The summed E-state index contributed by atoms with van der Waals surface area (Å²) >= 11 is 0. The lowest BCUT2D eigenvalue weighted by molar-refractivity contribution is 0.280. The van der Waals surface area contributed by atoms with E-state index in [1.807, 2.05) is 0 Å². The van der Waals surface area contributed by atoms with Crippen LogP contribution in [-0.4, -0.2) is 16.2 Å². The Morgan fingerprint density at radius 3 is 2.65 bits per heavy atom. The largest absolute Gasteiger partial charge is 0.339 e. The smallest absolute Gasteiger partial charge is 0.229 e. The maximum Gasteiger partial charge on any atom is 0.229 e. The highest BCUT2D eigenvalue weighted by atomic mass is 16.5. The van der Waals surface area contributed by atoms with Gasteiger partial charge in [0.2, 0.25) is 5.89 Å². The van der Waals surface area contributed by atoms with Crippen LogP contribution in [0.1, 0.15) is 63.1 Å². The normalized spacial score (nSPS) is 29.5. The van der Waals surface area contributed by atoms with Gasteiger partial charge in [-0.1, -0.05) is 12.1 Å². The second kappa shape index (κ2) is 4.77. The first kappa shape index (κ1) is 11.2. The molecule has 0 amide bonds. The summed E-state index contributed by atoms with van der Waals surface area (Å²) in [4.78, 5) is 4.52. The highest BCUT2D eigenvalue weighted by molar-refractivity contribution is 4.96. The summed E-state index contributed by atoms with van der Waals surface area (Å²) in [7, 11) is 0. The van der Waals surface area contributed by atoms with Gasteiger partial charge in [-0.15, -0.1) is 0 Å². The van der Waals surface area contributed by atoms with Crippen molar-refractivity contribution in [3.63, 3.8) is 0 Å². The number of aromatic nitrogens is 2. The molecule has 0 aromatic carbocycles. The predicted octanol–water partition coefficient (Wildman–Crippen LogP) is 2.62. The van der Waals surface area contributed by atoms with Crippen LogP contribution >= 0.6 is 0 Å². The third-order valence-corrected chi connectivity index (χ3v) is 3.98. The molecule has 2 fully saturated rings. The Hall–Kier alpha value is -0.900. The molecule has 0 bridgehead atoms. The molecule has 1 aromatic rings. The van der Waals surface area contributed by atoms with E-state index >= 15 is 0 Å². The van der Waals surface area contributed by atoms with E-state index in [4.69, 9.17) is 4.52 Å². The van der Waals surface area contributed by atoms with Crippen LogP contribution in [0.2, 0.25) is 0 Å². The number of hydrogen-bond acceptors (Lipinski definition) is 4. The van der Waals surface area contributed by atoms with Gasteiger partial charge in [-0.3, -0.25) is 0 Å². The standard InChI is InChI=1S/C13H21N3O/c1-9-2-4-10(5-3-9)13-15-12(16-17-13)8-14-11-6-7-11/h9-11,14H,2-8H2,1H3. The minimum Gasteiger partial charge on any atom is -0.339 e. The Morgan fingerprint density at radius 1 is 1.18 bits per heavy atom. The zero-order chi connectivity index (χ0) is 11.7. The van der Waals surface area contributed by atoms with E-state index in [2.05, 4.69) is 22.4 Å². The van der Waals surface area contributed by atoms with Crippen molar-refractivity contribution in [1.29, 1.82) is 0 Å². The summed E-state index contributed by atoms with van der Waals surface area (Å²) in [5.41, 5.74) is 0. The van der Waals surface area contributed by atoms with Gasteiger partial charge in [0.25, 0.3) is 0 Å². The fraction of sp³-hybridized carbons (Fsp3) is 0.846. The second-order valence-corrected chi connectivity index (χ2v) is 5.66. The first-order chi connectivity index (χ1) is 8.31. The molecule has 2 saturated carbocycles. The molecule has 0 spiro atoms. The molecule has 0 unspecified atom stereocenters. The molecular weight excluding hydrogens is 214 g/mol. The molecular formula is C13H21N3O. The molecule has 3 rings (SSSR count). The van der Waals surface area contributed by atoms with Crippen LogP contribution in [0.15, 0.2) is 4.52 Å². The maximum absolute atomic E-state index is 5.39. The van der Waals surface area contributed by atoms with Gasteiger partial charge in [-0.05, 0) is 44.4 Å². The van der Waals surface area contributed by atoms with Crippen LogP contribution < -0.4 is 5.32 Å². The summed E-state index contributed by atoms with van der Waals surface area (Å²) < 4.78 is 5.39. The number of rotatable bonds is 4. The lowest BCUT2D eigenvalue weighted by Crippen LogP contribution is -2.16. The summed E-state index contributed by atoms with van der Waals surface area (Å²) in [5, 5.41) is 7.47. The lowest BCUT2D eigenvalue weighted by atomic mass is 9.83. The first-order valence-corrected chi connectivity index (χ1v) is 6.87. The van der Waals surface area contributed by atoms with Crippen molar-refractivity contribution in [3.05, 3.63) is 11.7 Å². The third kappa shape index (κ3) is 2.86. The highest BCUT2D eigenvalue weighted by Gasteiger charge is 2.25. The van der Waals surface area contributed by atoms with E-state index in [1.54, 1.807) is 0 Å². The van der Waals surface area contributed by atoms with Crippen molar-refractivity contribution in [1.82, 2.24) is 15.5 Å². The van der Waals surface area contributed by atoms with E-state index in [1.165, 1.54) is 38.5 Å². The molecule has 94 valence electrons. The van der Waals surface area contributed by atoms with Crippen molar-refractivity contribution in [3.8, 4) is 0 Å². The molecule has 0 saturated heterocycles. The molecule has 0 aliphatic heterocycles. The number of hydrogen-bond donors (Lipinski definition) is 1. The highest BCUT2D eigenvalue weighted by Crippen LogP contribution is 2.34. The molecule has 1 heterocycles. The van der Waals surface area contributed by atoms with Gasteiger partial charge in [0, 0.05) is 12.0 Å². The Bertz CT molecular complexity index is 364. The summed E-state index contributed by atoms with van der Waals surface area (Å²) in [6, 6.07) is 0.701. The number of nitrogens with one attached hydrogen (secondary N) is 1. The fourth-order valence-corrected chi connectivity index (χ4v) is 2.54. The van der Waals surface area contributed by atoms with Crippen LogP contribution in [-0.2, 0) is 6.54 Å². The molecule has 0 atom stereocenters. The minimum atomic E-state index is 0.508. The zero-order valence-electron chi connectivity index (χ0n) is 10.5. The van der Waals surface area contributed by atoms with Crippen LogP contribution in [0.3, 0.4) is 0 Å². The first-order valence-electron chi connectivity index (χ1n) is 6.87. The Balaban J connectivity index is 1.55. The fourth-order valence-electron chi connectivity index (χ4n) is 2.54. The molecule has 4 nitrogen and oxygen atoms in total. The molecule has 2 aliphatic carbocycles. The predicted molar refractivity (Wildman–Crippen MR) is 64.5 cm³/mol. The molecule has 1 aromatic heterocycles. The molecule has 1 N–H and O–H groups in total. The Labute approximate surface area is 102 Å².